The summed E-state index contributed by atoms with van der Waals surface area (Å²) in [6.45, 7) is 0.167. The van der Waals surface area contributed by atoms with E-state index in [1.54, 1.807) is 4.68 Å². The fourth-order valence-electron chi connectivity index (χ4n) is 2.54. The van der Waals surface area contributed by atoms with Crippen LogP contribution in [0.25, 0.3) is 17.0 Å². The number of aromatic nitrogens is 5. The number of para-hydroxylation sites is 1. The number of nitrogens with zero attached hydrogens (tertiary/aromatic N) is 5. The minimum absolute atomic E-state index is 0.167. The van der Waals surface area contributed by atoms with Gasteiger partial charge >= 0.3 is 0 Å². The number of nitrogens with one attached hydrogen (secondary N) is 1. The lowest BCUT2D eigenvalue weighted by molar-refractivity contribution is 0.0950. The molecule has 8 heteroatoms. The third kappa shape index (κ3) is 3.07. The molecule has 0 fully saturated rings. The molecule has 0 bridgehead atoms. The highest BCUT2D eigenvalue weighted by Gasteiger charge is 2.18. The highest BCUT2D eigenvalue weighted by molar-refractivity contribution is 5.99. The Morgan fingerprint density at radius 1 is 1.04 bits per heavy atom. The fraction of sp³-hybridized carbons (Fsp3) is 0.0556. The van der Waals surface area contributed by atoms with Crippen LogP contribution in [-0.2, 0) is 6.54 Å². The molecule has 4 aromatic rings. The zero-order valence-corrected chi connectivity index (χ0v) is 13.6. The Labute approximate surface area is 148 Å². The topological polar surface area (TPSA) is 98.7 Å². The average Bonchev–Trinajstić information content (AvgIpc) is 3.37. The summed E-state index contributed by atoms with van der Waals surface area (Å²) in [5.41, 5.74) is 1.95. The fourth-order valence-corrected chi connectivity index (χ4v) is 2.54. The lowest BCUT2D eigenvalue weighted by Gasteiger charge is -2.06. The minimum atomic E-state index is -0.312. The van der Waals surface area contributed by atoms with Gasteiger partial charge in [0, 0.05) is 5.56 Å². The number of carbonyl (C=O) groups excluding carboxylic acids is 1. The van der Waals surface area contributed by atoms with Gasteiger partial charge in [-0.1, -0.05) is 53.7 Å². The van der Waals surface area contributed by atoms with Crippen molar-refractivity contribution in [1.82, 2.24) is 30.7 Å². The third-order valence-electron chi connectivity index (χ3n) is 3.79. The molecule has 1 amide bonds. The number of hydrogen-bond donors (Lipinski definition) is 1. The van der Waals surface area contributed by atoms with E-state index < -0.39 is 0 Å². The molecule has 1 N–H and O–H groups in total. The molecule has 0 spiro atoms. The van der Waals surface area contributed by atoms with E-state index in [0.717, 1.165) is 11.3 Å². The maximum absolute atomic E-state index is 12.6. The SMILES string of the molecule is O=C(NCc1nnnn1-c1ccccc1)c1cnoc1-c1ccccc1. The van der Waals surface area contributed by atoms with Crippen LogP contribution in [0, 0.1) is 0 Å². The number of carbonyl (C=O) groups is 1. The molecule has 0 aliphatic carbocycles. The molecule has 0 atom stereocenters. The highest BCUT2D eigenvalue weighted by atomic mass is 16.5. The zero-order chi connectivity index (χ0) is 17.8. The van der Waals surface area contributed by atoms with E-state index in [1.165, 1.54) is 6.20 Å². The van der Waals surface area contributed by atoms with E-state index in [-0.39, 0.29) is 12.5 Å². The average molecular weight is 346 g/mol. The van der Waals surface area contributed by atoms with Gasteiger partial charge in [0.1, 0.15) is 5.56 Å². The molecule has 0 saturated heterocycles. The second-order valence-electron chi connectivity index (χ2n) is 5.46. The van der Waals surface area contributed by atoms with Crippen LogP contribution >= 0.6 is 0 Å². The van der Waals surface area contributed by atoms with E-state index >= 15 is 0 Å². The van der Waals surface area contributed by atoms with Crippen molar-refractivity contribution >= 4 is 5.91 Å². The van der Waals surface area contributed by atoms with Gasteiger partial charge in [0.25, 0.3) is 5.91 Å². The minimum Gasteiger partial charge on any atom is -0.355 e. The predicted octanol–water partition coefficient (Wildman–Crippen LogP) is 2.25. The lowest BCUT2D eigenvalue weighted by Crippen LogP contribution is -2.24. The molecule has 2 heterocycles. The van der Waals surface area contributed by atoms with Crippen molar-refractivity contribution in [3.63, 3.8) is 0 Å². The Balaban J connectivity index is 1.52. The quantitative estimate of drug-likeness (QED) is 0.595. The van der Waals surface area contributed by atoms with Crippen LogP contribution in [0.4, 0.5) is 0 Å². The van der Waals surface area contributed by atoms with Crippen molar-refractivity contribution in [1.29, 1.82) is 0 Å². The summed E-state index contributed by atoms with van der Waals surface area (Å²) in [6, 6.07) is 18.8. The van der Waals surface area contributed by atoms with Gasteiger partial charge in [0.15, 0.2) is 11.6 Å². The molecule has 0 radical (unpaired) electrons. The van der Waals surface area contributed by atoms with E-state index in [0.29, 0.717) is 17.1 Å². The maximum atomic E-state index is 12.6. The second kappa shape index (κ2) is 6.98. The van der Waals surface area contributed by atoms with E-state index in [9.17, 15) is 4.79 Å². The van der Waals surface area contributed by atoms with Gasteiger partial charge in [-0.05, 0) is 22.6 Å². The Kier molecular flexibility index (Phi) is 4.21. The lowest BCUT2D eigenvalue weighted by atomic mass is 10.1. The van der Waals surface area contributed by atoms with Gasteiger partial charge in [-0.3, -0.25) is 4.79 Å². The van der Waals surface area contributed by atoms with Gasteiger partial charge in [0.2, 0.25) is 0 Å². The molecule has 0 unspecified atom stereocenters. The summed E-state index contributed by atoms with van der Waals surface area (Å²) in [7, 11) is 0. The van der Waals surface area contributed by atoms with Crippen LogP contribution in [0.2, 0.25) is 0 Å². The van der Waals surface area contributed by atoms with Gasteiger partial charge < -0.3 is 9.84 Å². The molecule has 26 heavy (non-hydrogen) atoms. The number of tetrazole rings is 1. The maximum Gasteiger partial charge on any atom is 0.257 e. The van der Waals surface area contributed by atoms with Gasteiger partial charge in [0.05, 0.1) is 18.4 Å². The van der Waals surface area contributed by atoms with Gasteiger partial charge in [-0.2, -0.15) is 4.68 Å². The van der Waals surface area contributed by atoms with Crippen molar-refractivity contribution in [3.8, 4) is 17.0 Å². The Morgan fingerprint density at radius 3 is 2.54 bits per heavy atom. The summed E-state index contributed by atoms with van der Waals surface area (Å²) in [6.07, 6.45) is 1.40. The standard InChI is InChI=1S/C18H14N6O2/c25-18(15-11-20-26-17(15)13-7-3-1-4-8-13)19-12-16-21-22-23-24(16)14-9-5-2-6-10-14/h1-11H,12H2,(H,19,25). The number of hydrogen-bond acceptors (Lipinski definition) is 6. The molecule has 4 rings (SSSR count). The van der Waals surface area contributed by atoms with E-state index in [2.05, 4.69) is 26.0 Å². The number of benzene rings is 2. The van der Waals surface area contributed by atoms with Gasteiger partial charge in [-0.15, -0.1) is 5.10 Å². The first-order valence-electron chi connectivity index (χ1n) is 7.94. The number of rotatable bonds is 5. The molecule has 0 saturated carbocycles. The molecule has 0 aliphatic heterocycles. The largest absolute Gasteiger partial charge is 0.355 e. The Hall–Kier alpha value is -3.81. The smallest absolute Gasteiger partial charge is 0.257 e. The van der Waals surface area contributed by atoms with Crippen LogP contribution in [0.3, 0.4) is 0 Å². The molecule has 8 nitrogen and oxygen atoms in total. The molecule has 0 aliphatic rings. The highest BCUT2D eigenvalue weighted by Crippen LogP contribution is 2.23. The second-order valence-corrected chi connectivity index (χ2v) is 5.46. The van der Waals surface area contributed by atoms with Gasteiger partial charge in [-0.25, -0.2) is 0 Å². The summed E-state index contributed by atoms with van der Waals surface area (Å²) < 4.78 is 6.82. The number of amides is 1. The van der Waals surface area contributed by atoms with Crippen LogP contribution < -0.4 is 5.32 Å². The van der Waals surface area contributed by atoms with Crippen molar-refractivity contribution in [3.05, 3.63) is 78.2 Å². The van der Waals surface area contributed by atoms with E-state index in [1.807, 2.05) is 60.7 Å². The summed E-state index contributed by atoms with van der Waals surface area (Å²) in [5, 5.41) is 18.2. The molecule has 2 aromatic carbocycles. The van der Waals surface area contributed by atoms with Crippen LogP contribution in [-0.4, -0.2) is 31.3 Å². The van der Waals surface area contributed by atoms with E-state index in [4.69, 9.17) is 4.52 Å². The predicted molar refractivity (Wildman–Crippen MR) is 92.3 cm³/mol. The molecule has 128 valence electrons. The Bertz CT molecular complexity index is 1010. The third-order valence-corrected chi connectivity index (χ3v) is 3.79. The summed E-state index contributed by atoms with van der Waals surface area (Å²) in [4.78, 5) is 12.6. The Morgan fingerprint density at radius 2 is 1.77 bits per heavy atom. The van der Waals surface area contributed by atoms with Crippen LogP contribution in [0.1, 0.15) is 16.2 Å². The van der Waals surface area contributed by atoms with Crippen molar-refractivity contribution in [2.45, 2.75) is 6.54 Å². The summed E-state index contributed by atoms with van der Waals surface area (Å²) >= 11 is 0. The zero-order valence-electron chi connectivity index (χ0n) is 13.6. The molecule has 2 aromatic heterocycles. The molecular formula is C18H14N6O2. The first-order chi connectivity index (χ1) is 12.8. The first kappa shape index (κ1) is 15.7. The van der Waals surface area contributed by atoms with Crippen LogP contribution in [0.15, 0.2) is 71.4 Å². The van der Waals surface area contributed by atoms with Crippen molar-refractivity contribution in [2.75, 3.05) is 0 Å². The monoisotopic (exact) mass is 346 g/mol. The van der Waals surface area contributed by atoms with Crippen LogP contribution in [0.5, 0.6) is 0 Å². The van der Waals surface area contributed by atoms with Crippen molar-refractivity contribution in [2.24, 2.45) is 0 Å². The normalized spacial score (nSPS) is 10.6. The van der Waals surface area contributed by atoms with Crippen molar-refractivity contribution < 1.29 is 9.32 Å². The molecular weight excluding hydrogens is 332 g/mol. The first-order valence-corrected chi connectivity index (χ1v) is 7.94. The summed E-state index contributed by atoms with van der Waals surface area (Å²) in [5.74, 6) is 0.626.